The van der Waals surface area contributed by atoms with Crippen molar-refractivity contribution in [3.8, 4) is 12.1 Å². The molecule has 0 bridgehead atoms. The molecule has 0 saturated carbocycles. The Morgan fingerprint density at radius 2 is 2.06 bits per heavy atom. The van der Waals surface area contributed by atoms with Crippen LogP contribution in [0.1, 0.15) is 37.4 Å². The molecule has 3 heterocycles. The monoisotopic (exact) mass is 666 g/mol. The fourth-order valence-electron chi connectivity index (χ4n) is 4.92. The summed E-state index contributed by atoms with van der Waals surface area (Å²) in [4.78, 5) is 39.5. The van der Waals surface area contributed by atoms with Gasteiger partial charge in [0.1, 0.15) is 18.2 Å². The standard InChI is InChI=1S/C28H35ClN14O4/c1-3-35-23-24-37-13-16(12-31)43(24)41-27(40-23)38-19-9-15(11-30)10-20(22(19)29)42-8-6-18(39-28(45)46-2)21(14-42)47-25(44)17(32)5-4-7-36-26(33)34/h9-10,13,17-18,21H,3-8,14,32H2,1-2H3,(H,39,45)(H4,33,34,36)(H2,35,38,40,41). The van der Waals surface area contributed by atoms with E-state index in [0.717, 1.165) is 0 Å². The average Bonchev–Trinajstić information content (AvgIpc) is 3.48. The number of nitrogens with zero attached hydrogens (tertiary/aromatic N) is 8. The third kappa shape index (κ3) is 8.37. The summed E-state index contributed by atoms with van der Waals surface area (Å²) in [6.45, 7) is 3.19. The molecular weight excluding hydrogens is 632 g/mol. The lowest BCUT2D eigenvalue weighted by Gasteiger charge is -2.40. The number of nitrogens with one attached hydrogen (secondary N) is 3. The number of fused-ring (bicyclic) bond motifs is 1. The Kier molecular flexibility index (Phi) is 11.4. The number of esters is 1. The highest BCUT2D eigenvalue weighted by atomic mass is 35.5. The van der Waals surface area contributed by atoms with Crippen LogP contribution in [0.4, 0.5) is 27.9 Å². The van der Waals surface area contributed by atoms with Gasteiger partial charge in [-0.2, -0.15) is 20.0 Å². The summed E-state index contributed by atoms with van der Waals surface area (Å²) in [6.07, 6.45) is 0.908. The highest BCUT2D eigenvalue weighted by molar-refractivity contribution is 6.36. The van der Waals surface area contributed by atoms with Crippen molar-refractivity contribution in [2.75, 3.05) is 48.8 Å². The van der Waals surface area contributed by atoms with E-state index in [9.17, 15) is 20.1 Å². The van der Waals surface area contributed by atoms with Crippen LogP contribution in [-0.4, -0.2) is 89.1 Å². The van der Waals surface area contributed by atoms with E-state index in [1.807, 2.05) is 17.9 Å². The van der Waals surface area contributed by atoms with Gasteiger partial charge < -0.3 is 47.5 Å². The van der Waals surface area contributed by atoms with Gasteiger partial charge in [0.05, 0.1) is 53.9 Å². The maximum absolute atomic E-state index is 13.0. The molecule has 0 radical (unpaired) electrons. The molecule has 47 heavy (non-hydrogen) atoms. The second kappa shape index (κ2) is 15.6. The number of carbonyl (C=O) groups excluding carboxylic acids is 2. The number of nitrogens with two attached hydrogens (primary N) is 3. The molecule has 4 rings (SSSR count). The van der Waals surface area contributed by atoms with Crippen LogP contribution >= 0.6 is 11.6 Å². The zero-order valence-corrected chi connectivity index (χ0v) is 26.5. The lowest BCUT2D eigenvalue weighted by Crippen LogP contribution is -2.56. The Bertz CT molecular complexity index is 1730. The second-order valence-electron chi connectivity index (χ2n) is 10.4. The number of hydrogen-bond donors (Lipinski definition) is 6. The number of alkyl carbamates (subject to hydrolysis) is 1. The molecule has 248 valence electrons. The van der Waals surface area contributed by atoms with Crippen molar-refractivity contribution in [1.82, 2.24) is 24.9 Å². The Balaban J connectivity index is 1.61. The Labute approximate surface area is 274 Å². The normalized spacial score (nSPS) is 16.3. The van der Waals surface area contributed by atoms with E-state index >= 15 is 0 Å². The van der Waals surface area contributed by atoms with E-state index in [-0.39, 0.29) is 41.2 Å². The molecule has 2 aromatic heterocycles. The summed E-state index contributed by atoms with van der Waals surface area (Å²) in [6, 6.07) is 5.76. The maximum atomic E-state index is 13.0. The lowest BCUT2D eigenvalue weighted by atomic mass is 10.00. The number of amides is 1. The third-order valence-electron chi connectivity index (χ3n) is 7.18. The van der Waals surface area contributed by atoms with Crippen LogP contribution in [0.15, 0.2) is 23.3 Å². The molecule has 0 spiro atoms. The molecule has 1 aliphatic heterocycles. The third-order valence-corrected chi connectivity index (χ3v) is 7.57. The summed E-state index contributed by atoms with van der Waals surface area (Å²) in [5, 5.41) is 32.9. The number of piperidine rings is 1. The van der Waals surface area contributed by atoms with Crippen LogP contribution in [0.5, 0.6) is 0 Å². The first-order chi connectivity index (χ1) is 22.6. The number of methoxy groups -OCH3 is 1. The number of benzene rings is 1. The minimum Gasteiger partial charge on any atom is -0.457 e. The second-order valence-corrected chi connectivity index (χ2v) is 10.8. The van der Waals surface area contributed by atoms with E-state index in [0.29, 0.717) is 55.3 Å². The summed E-state index contributed by atoms with van der Waals surface area (Å²) in [5.41, 5.74) is 18.4. The van der Waals surface area contributed by atoms with Gasteiger partial charge in [0.15, 0.2) is 23.1 Å². The summed E-state index contributed by atoms with van der Waals surface area (Å²) < 4.78 is 11.9. The fraction of sp³-hybridized carbons (Fsp3) is 0.429. The van der Waals surface area contributed by atoms with E-state index < -0.39 is 30.3 Å². The smallest absolute Gasteiger partial charge is 0.407 e. The van der Waals surface area contributed by atoms with Gasteiger partial charge in [0.25, 0.3) is 0 Å². The fourth-order valence-corrected chi connectivity index (χ4v) is 5.19. The van der Waals surface area contributed by atoms with E-state index in [4.69, 9.17) is 38.3 Å². The molecule has 9 N–H and O–H groups in total. The molecule has 3 unspecified atom stereocenters. The molecule has 0 aliphatic carbocycles. The van der Waals surface area contributed by atoms with Crippen molar-refractivity contribution in [1.29, 1.82) is 10.5 Å². The molecule has 1 aromatic carbocycles. The highest BCUT2D eigenvalue weighted by Crippen LogP contribution is 2.37. The van der Waals surface area contributed by atoms with Gasteiger partial charge in [0, 0.05) is 19.6 Å². The number of guanidine groups is 1. The molecule has 1 saturated heterocycles. The molecule has 3 atom stereocenters. The number of ether oxygens (including phenoxy) is 2. The van der Waals surface area contributed by atoms with E-state index in [2.05, 4.69) is 42.1 Å². The topological polar surface area (TPSA) is 273 Å². The maximum Gasteiger partial charge on any atom is 0.407 e. The molecule has 19 heteroatoms. The van der Waals surface area contributed by atoms with Crippen molar-refractivity contribution in [3.05, 3.63) is 34.6 Å². The predicted octanol–water partition coefficient (Wildman–Crippen LogP) is 0.924. The van der Waals surface area contributed by atoms with Crippen molar-refractivity contribution in [2.24, 2.45) is 22.2 Å². The Hall–Kier alpha value is -5.59. The minimum absolute atomic E-state index is 0.0594. The zero-order valence-electron chi connectivity index (χ0n) is 25.7. The van der Waals surface area contributed by atoms with Crippen LogP contribution in [0.25, 0.3) is 5.65 Å². The van der Waals surface area contributed by atoms with Gasteiger partial charge in [-0.25, -0.2) is 9.78 Å². The number of carbonyl (C=O) groups is 2. The van der Waals surface area contributed by atoms with Gasteiger partial charge in [-0.3, -0.25) is 9.79 Å². The van der Waals surface area contributed by atoms with Crippen LogP contribution in [0.2, 0.25) is 5.02 Å². The van der Waals surface area contributed by atoms with Gasteiger partial charge >= 0.3 is 12.1 Å². The minimum atomic E-state index is -0.957. The van der Waals surface area contributed by atoms with Crippen molar-refractivity contribution < 1.29 is 19.1 Å². The Morgan fingerprint density at radius 1 is 1.28 bits per heavy atom. The first-order valence-corrected chi connectivity index (χ1v) is 15.0. The lowest BCUT2D eigenvalue weighted by molar-refractivity contribution is -0.152. The van der Waals surface area contributed by atoms with E-state index in [1.54, 1.807) is 6.07 Å². The number of nitriles is 2. The van der Waals surface area contributed by atoms with Gasteiger partial charge in [0.2, 0.25) is 5.95 Å². The van der Waals surface area contributed by atoms with Crippen molar-refractivity contribution >= 4 is 58.4 Å². The van der Waals surface area contributed by atoms with Gasteiger partial charge in [-0.1, -0.05) is 11.6 Å². The van der Waals surface area contributed by atoms with Crippen LogP contribution < -0.4 is 38.1 Å². The first kappa shape index (κ1) is 34.3. The zero-order chi connectivity index (χ0) is 34.1. The molecular formula is C28H35ClN14O4. The molecule has 3 aromatic rings. The molecule has 1 fully saturated rings. The SMILES string of the molecule is CCNc1nc(Nc2cc(C#N)cc(N3CCC(NC(=O)OC)C(OC(=O)C(N)CCCN=C(N)N)C3)c2Cl)nn2c(C#N)cnc12. The van der Waals surface area contributed by atoms with Gasteiger partial charge in [-0.15, -0.1) is 5.10 Å². The number of rotatable bonds is 12. The first-order valence-electron chi connectivity index (χ1n) is 14.6. The number of halogens is 1. The Morgan fingerprint density at radius 3 is 2.74 bits per heavy atom. The largest absolute Gasteiger partial charge is 0.457 e. The number of imidazole rings is 1. The van der Waals surface area contributed by atoms with Crippen LogP contribution in [0.3, 0.4) is 0 Å². The highest BCUT2D eigenvalue weighted by Gasteiger charge is 2.36. The molecule has 18 nitrogen and oxygen atoms in total. The number of aliphatic imine (C=N–C) groups is 1. The number of aromatic nitrogens is 4. The quantitative estimate of drug-likeness (QED) is 0.0678. The van der Waals surface area contributed by atoms with E-state index in [1.165, 1.54) is 23.9 Å². The molecule has 1 amide bonds. The van der Waals surface area contributed by atoms with Crippen molar-refractivity contribution in [3.63, 3.8) is 0 Å². The summed E-state index contributed by atoms with van der Waals surface area (Å²) in [7, 11) is 1.23. The molecule has 1 aliphatic rings. The van der Waals surface area contributed by atoms with Crippen LogP contribution in [-0.2, 0) is 14.3 Å². The average molecular weight is 667 g/mol. The predicted molar refractivity (Wildman–Crippen MR) is 173 cm³/mol. The number of anilines is 4. The summed E-state index contributed by atoms with van der Waals surface area (Å²) in [5.74, 6) is -0.250. The number of hydrogen-bond acceptors (Lipinski definition) is 14. The van der Waals surface area contributed by atoms with Gasteiger partial charge in [-0.05, 0) is 38.3 Å². The van der Waals surface area contributed by atoms with Crippen LogP contribution in [0, 0.1) is 22.7 Å². The summed E-state index contributed by atoms with van der Waals surface area (Å²) >= 11 is 6.92. The van der Waals surface area contributed by atoms with Crippen molar-refractivity contribution in [2.45, 2.75) is 44.4 Å².